The molecular weight excluding hydrogens is 286 g/mol. The molecule has 2 rings (SSSR count). The summed E-state index contributed by atoms with van der Waals surface area (Å²) < 4.78 is 0. The van der Waals surface area contributed by atoms with E-state index in [4.69, 9.17) is 10.8 Å². The lowest BCUT2D eigenvalue weighted by molar-refractivity contribution is -0.137. The maximum absolute atomic E-state index is 12.3. The number of carbonyl (C=O) groups is 3. The van der Waals surface area contributed by atoms with Gasteiger partial charge >= 0.3 is 5.97 Å². The van der Waals surface area contributed by atoms with Gasteiger partial charge < -0.3 is 16.2 Å². The van der Waals surface area contributed by atoms with E-state index in [9.17, 15) is 14.4 Å². The molecule has 0 aliphatic carbocycles. The van der Waals surface area contributed by atoms with Gasteiger partial charge in [0.25, 0.3) is 5.91 Å². The third-order valence-electron chi connectivity index (χ3n) is 3.17. The molecule has 0 saturated carbocycles. The van der Waals surface area contributed by atoms with Crippen LogP contribution in [0.1, 0.15) is 23.2 Å². The lowest BCUT2D eigenvalue weighted by Gasteiger charge is -2.15. The van der Waals surface area contributed by atoms with Gasteiger partial charge in [-0.1, -0.05) is 18.2 Å². The number of carboxylic acid groups (broad SMARTS) is 1. The minimum atomic E-state index is -1.06. The molecule has 0 unspecified atom stereocenters. The fraction of sp³-hybridized carbons (Fsp3) is 0.200. The van der Waals surface area contributed by atoms with Crippen LogP contribution in [0, 0.1) is 0 Å². The average Bonchev–Trinajstić information content (AvgIpc) is 2.50. The van der Waals surface area contributed by atoms with Crippen molar-refractivity contribution in [2.75, 3.05) is 0 Å². The number of carboxylic acids is 1. The summed E-state index contributed by atoms with van der Waals surface area (Å²) in [5, 5.41) is 11.9. The number of aliphatic carboxylic acids is 1. The SMILES string of the molecule is NC(=O)[C@@H](CCC(=O)O)NC(=O)c1cccc2cccnc12. The number of fused-ring (bicyclic) bond motifs is 1. The first kappa shape index (κ1) is 15.4. The molecular formula is C15H15N3O4. The van der Waals surface area contributed by atoms with Gasteiger partial charge in [0.2, 0.25) is 5.91 Å². The number of amides is 2. The number of nitrogens with zero attached hydrogens (tertiary/aromatic N) is 1. The third kappa shape index (κ3) is 3.57. The number of nitrogens with two attached hydrogens (primary N) is 1. The summed E-state index contributed by atoms with van der Waals surface area (Å²) >= 11 is 0. The van der Waals surface area contributed by atoms with Crippen LogP contribution in [0.25, 0.3) is 10.9 Å². The van der Waals surface area contributed by atoms with Crippen molar-refractivity contribution in [3.05, 3.63) is 42.1 Å². The zero-order valence-corrected chi connectivity index (χ0v) is 11.7. The minimum absolute atomic E-state index is 0.0609. The van der Waals surface area contributed by atoms with Crippen molar-refractivity contribution >= 4 is 28.7 Å². The van der Waals surface area contributed by atoms with Gasteiger partial charge in [-0.15, -0.1) is 0 Å². The molecule has 22 heavy (non-hydrogen) atoms. The molecule has 1 heterocycles. The lowest BCUT2D eigenvalue weighted by atomic mass is 10.1. The van der Waals surface area contributed by atoms with Crippen LogP contribution in [-0.2, 0) is 9.59 Å². The molecule has 0 bridgehead atoms. The van der Waals surface area contributed by atoms with E-state index in [1.165, 1.54) is 0 Å². The summed E-state index contributed by atoms with van der Waals surface area (Å²) in [6.45, 7) is 0. The molecule has 0 spiro atoms. The average molecular weight is 301 g/mol. The zero-order chi connectivity index (χ0) is 16.1. The largest absolute Gasteiger partial charge is 0.481 e. The number of primary amides is 1. The monoisotopic (exact) mass is 301 g/mol. The quantitative estimate of drug-likeness (QED) is 0.724. The van der Waals surface area contributed by atoms with Gasteiger partial charge in [0, 0.05) is 18.0 Å². The lowest BCUT2D eigenvalue weighted by Crippen LogP contribution is -2.44. The fourth-order valence-electron chi connectivity index (χ4n) is 2.08. The number of benzene rings is 1. The summed E-state index contributed by atoms with van der Waals surface area (Å²) in [7, 11) is 0. The molecule has 2 amide bonds. The van der Waals surface area contributed by atoms with Crippen LogP contribution in [0.3, 0.4) is 0 Å². The number of nitrogens with one attached hydrogen (secondary N) is 1. The summed E-state index contributed by atoms with van der Waals surface area (Å²) in [5.41, 5.74) is 6.01. The number of pyridine rings is 1. The second kappa shape index (κ2) is 6.66. The first-order valence-corrected chi connectivity index (χ1v) is 6.64. The highest BCUT2D eigenvalue weighted by molar-refractivity contribution is 6.06. The number of para-hydroxylation sites is 1. The molecule has 114 valence electrons. The van der Waals surface area contributed by atoms with Gasteiger partial charge in [0.15, 0.2) is 0 Å². The van der Waals surface area contributed by atoms with Crippen molar-refractivity contribution in [1.29, 1.82) is 0 Å². The smallest absolute Gasteiger partial charge is 0.303 e. The molecule has 2 aromatic rings. The zero-order valence-electron chi connectivity index (χ0n) is 11.7. The summed E-state index contributed by atoms with van der Waals surface area (Å²) in [6.07, 6.45) is 1.24. The second-order valence-corrected chi connectivity index (χ2v) is 4.74. The Bertz CT molecular complexity index is 724. The van der Waals surface area contributed by atoms with Crippen LogP contribution in [-0.4, -0.2) is 33.9 Å². The minimum Gasteiger partial charge on any atom is -0.481 e. The number of aromatic nitrogens is 1. The predicted molar refractivity (Wildman–Crippen MR) is 79.1 cm³/mol. The molecule has 1 atom stereocenters. The first-order valence-electron chi connectivity index (χ1n) is 6.64. The maximum atomic E-state index is 12.3. The molecule has 0 radical (unpaired) electrons. The third-order valence-corrected chi connectivity index (χ3v) is 3.17. The van der Waals surface area contributed by atoms with E-state index in [0.29, 0.717) is 11.1 Å². The van der Waals surface area contributed by atoms with Crippen LogP contribution in [0.2, 0.25) is 0 Å². The molecule has 0 aliphatic rings. The highest BCUT2D eigenvalue weighted by Gasteiger charge is 2.21. The van der Waals surface area contributed by atoms with E-state index in [1.54, 1.807) is 24.4 Å². The van der Waals surface area contributed by atoms with Crippen LogP contribution in [0.5, 0.6) is 0 Å². The van der Waals surface area contributed by atoms with E-state index >= 15 is 0 Å². The van der Waals surface area contributed by atoms with Gasteiger partial charge in [0.05, 0.1) is 11.1 Å². The van der Waals surface area contributed by atoms with Crippen molar-refractivity contribution < 1.29 is 19.5 Å². The Balaban J connectivity index is 2.22. The molecule has 7 heteroatoms. The Morgan fingerprint density at radius 2 is 1.95 bits per heavy atom. The summed E-state index contributed by atoms with van der Waals surface area (Å²) in [4.78, 5) is 38.4. The highest BCUT2D eigenvalue weighted by atomic mass is 16.4. The van der Waals surface area contributed by atoms with Gasteiger partial charge in [-0.05, 0) is 18.6 Å². The Morgan fingerprint density at radius 3 is 2.64 bits per heavy atom. The normalized spacial score (nSPS) is 11.8. The van der Waals surface area contributed by atoms with Crippen LogP contribution in [0.4, 0.5) is 0 Å². The van der Waals surface area contributed by atoms with Crippen molar-refractivity contribution in [3.8, 4) is 0 Å². The number of rotatable bonds is 6. The van der Waals surface area contributed by atoms with E-state index in [1.807, 2.05) is 12.1 Å². The van der Waals surface area contributed by atoms with Gasteiger partial charge in [-0.2, -0.15) is 0 Å². The van der Waals surface area contributed by atoms with Crippen molar-refractivity contribution in [2.45, 2.75) is 18.9 Å². The number of carbonyl (C=O) groups excluding carboxylic acids is 2. The van der Waals surface area contributed by atoms with Crippen molar-refractivity contribution in [1.82, 2.24) is 10.3 Å². The first-order chi connectivity index (χ1) is 10.5. The van der Waals surface area contributed by atoms with E-state index in [-0.39, 0.29) is 12.8 Å². The highest BCUT2D eigenvalue weighted by Crippen LogP contribution is 2.16. The predicted octanol–water partition coefficient (Wildman–Crippen LogP) is 0.683. The van der Waals surface area contributed by atoms with Crippen molar-refractivity contribution in [3.63, 3.8) is 0 Å². The van der Waals surface area contributed by atoms with Crippen LogP contribution >= 0.6 is 0 Å². The molecule has 4 N–H and O–H groups in total. The molecule has 0 aliphatic heterocycles. The Labute approximate surface area is 126 Å². The van der Waals surface area contributed by atoms with Crippen LogP contribution < -0.4 is 11.1 Å². The summed E-state index contributed by atoms with van der Waals surface area (Å²) in [6, 6.07) is 7.63. The van der Waals surface area contributed by atoms with E-state index in [0.717, 1.165) is 5.39 Å². The molecule has 7 nitrogen and oxygen atoms in total. The van der Waals surface area contributed by atoms with Gasteiger partial charge in [-0.25, -0.2) is 0 Å². The molecule has 1 aromatic heterocycles. The molecule has 1 aromatic carbocycles. The standard InChI is InChI=1S/C15H15N3O4/c16-14(21)11(6-7-12(19)20)18-15(22)10-5-1-3-9-4-2-8-17-13(9)10/h1-5,8,11H,6-7H2,(H2,16,21)(H,18,22)(H,19,20)/t11-/m1/s1. The topological polar surface area (TPSA) is 122 Å². The maximum Gasteiger partial charge on any atom is 0.303 e. The van der Waals surface area contributed by atoms with Crippen LogP contribution in [0.15, 0.2) is 36.5 Å². The van der Waals surface area contributed by atoms with Crippen molar-refractivity contribution in [2.24, 2.45) is 5.73 Å². The summed E-state index contributed by atoms with van der Waals surface area (Å²) in [5.74, 6) is -2.35. The Kier molecular flexibility index (Phi) is 4.67. The van der Waals surface area contributed by atoms with E-state index in [2.05, 4.69) is 10.3 Å². The van der Waals surface area contributed by atoms with Gasteiger partial charge in [0.1, 0.15) is 6.04 Å². The number of hydrogen-bond donors (Lipinski definition) is 3. The fourth-order valence-corrected chi connectivity index (χ4v) is 2.08. The second-order valence-electron chi connectivity index (χ2n) is 4.74. The Hall–Kier alpha value is -2.96. The number of hydrogen-bond acceptors (Lipinski definition) is 4. The molecule has 0 saturated heterocycles. The molecule has 0 fully saturated rings. The van der Waals surface area contributed by atoms with E-state index < -0.39 is 23.8 Å². The Morgan fingerprint density at radius 1 is 1.23 bits per heavy atom. The van der Waals surface area contributed by atoms with Gasteiger partial charge in [-0.3, -0.25) is 19.4 Å².